The lowest BCUT2D eigenvalue weighted by atomic mass is 10.2. The molecule has 0 aromatic heterocycles. The fourth-order valence-corrected chi connectivity index (χ4v) is 0.692. The molecule has 4 heteroatoms. The molecular formula is C10H14N2O2. The van der Waals surface area contributed by atoms with E-state index in [0.29, 0.717) is 5.57 Å². The minimum absolute atomic E-state index is 0.124. The summed E-state index contributed by atoms with van der Waals surface area (Å²) < 4.78 is 0. The van der Waals surface area contributed by atoms with Gasteiger partial charge in [0.25, 0.3) is 0 Å². The molecule has 0 radical (unpaired) electrons. The molecular weight excluding hydrogens is 180 g/mol. The third-order valence-electron chi connectivity index (χ3n) is 1.65. The van der Waals surface area contributed by atoms with Crippen molar-refractivity contribution >= 4 is 5.97 Å². The van der Waals surface area contributed by atoms with Gasteiger partial charge in [-0.3, -0.25) is 4.79 Å². The molecule has 0 rings (SSSR count). The number of rotatable bonds is 5. The Hall–Kier alpha value is -1.60. The summed E-state index contributed by atoms with van der Waals surface area (Å²) in [5, 5.41) is 20.0. The lowest BCUT2D eigenvalue weighted by molar-refractivity contribution is -0.136. The first-order valence-electron chi connectivity index (χ1n) is 4.27. The normalized spacial score (nSPS) is 13.9. The van der Waals surface area contributed by atoms with Crippen LogP contribution in [0.4, 0.5) is 0 Å². The van der Waals surface area contributed by atoms with Gasteiger partial charge in [0.05, 0.1) is 12.5 Å². The van der Waals surface area contributed by atoms with Gasteiger partial charge in [0.2, 0.25) is 0 Å². The predicted octanol–water partition coefficient (Wildman–Crippen LogP) is 1.08. The Morgan fingerprint density at radius 2 is 2.36 bits per heavy atom. The number of nitrogens with one attached hydrogen (secondary N) is 1. The third kappa shape index (κ3) is 5.98. The van der Waals surface area contributed by atoms with E-state index in [1.165, 1.54) is 6.08 Å². The van der Waals surface area contributed by atoms with Gasteiger partial charge in [-0.2, -0.15) is 5.26 Å². The van der Waals surface area contributed by atoms with Gasteiger partial charge < -0.3 is 10.4 Å². The molecule has 0 saturated carbocycles. The molecule has 1 atom stereocenters. The first-order chi connectivity index (χ1) is 6.60. The third-order valence-corrected chi connectivity index (χ3v) is 1.65. The predicted molar refractivity (Wildman–Crippen MR) is 53.6 cm³/mol. The van der Waals surface area contributed by atoms with Crippen molar-refractivity contribution in [2.24, 2.45) is 0 Å². The van der Waals surface area contributed by atoms with Gasteiger partial charge in [-0.1, -0.05) is 12.2 Å². The van der Waals surface area contributed by atoms with Crippen LogP contribution in [-0.2, 0) is 4.79 Å². The molecule has 0 aliphatic heterocycles. The second kappa shape index (κ2) is 6.87. The Morgan fingerprint density at radius 1 is 1.71 bits per heavy atom. The van der Waals surface area contributed by atoms with Crippen LogP contribution >= 0.6 is 0 Å². The standard InChI is InChI=1S/C10H14N2O2/c1-8(12-2)3-4-9(7-11)5-6-10(13)14/h3-5,8,12H,6H2,1-2H3,(H,13,14)/b4-3-,9-5+. The minimum Gasteiger partial charge on any atom is -0.481 e. The number of carboxylic acids is 1. The van der Waals surface area contributed by atoms with E-state index in [1.807, 2.05) is 20.0 Å². The lowest BCUT2D eigenvalue weighted by Crippen LogP contribution is -2.17. The molecule has 4 nitrogen and oxygen atoms in total. The Labute approximate surface area is 83.5 Å². The van der Waals surface area contributed by atoms with Crippen LogP contribution in [-0.4, -0.2) is 24.2 Å². The van der Waals surface area contributed by atoms with Crippen LogP contribution < -0.4 is 5.32 Å². The number of nitriles is 1. The van der Waals surface area contributed by atoms with Crippen molar-refractivity contribution in [2.75, 3.05) is 7.05 Å². The molecule has 14 heavy (non-hydrogen) atoms. The molecule has 0 aliphatic carbocycles. The first-order valence-corrected chi connectivity index (χ1v) is 4.27. The van der Waals surface area contributed by atoms with Crippen LogP contribution in [0.5, 0.6) is 0 Å². The number of carbonyl (C=O) groups is 1. The van der Waals surface area contributed by atoms with Crippen molar-refractivity contribution in [2.45, 2.75) is 19.4 Å². The van der Waals surface area contributed by atoms with Gasteiger partial charge in [0.1, 0.15) is 0 Å². The second-order valence-corrected chi connectivity index (χ2v) is 2.81. The molecule has 76 valence electrons. The van der Waals surface area contributed by atoms with Crippen LogP contribution in [0, 0.1) is 11.3 Å². The number of likely N-dealkylation sites (N-methyl/N-ethyl adjacent to an activating group) is 1. The zero-order chi connectivity index (χ0) is 11.0. The van der Waals surface area contributed by atoms with E-state index in [-0.39, 0.29) is 12.5 Å². The topological polar surface area (TPSA) is 73.1 Å². The van der Waals surface area contributed by atoms with Gasteiger partial charge in [0.15, 0.2) is 0 Å². The molecule has 1 unspecified atom stereocenters. The van der Waals surface area contributed by atoms with E-state index in [4.69, 9.17) is 10.4 Å². The maximum atomic E-state index is 10.2. The highest BCUT2D eigenvalue weighted by Gasteiger charge is 1.95. The monoisotopic (exact) mass is 194 g/mol. The Bertz CT molecular complexity index is 287. The Balaban J connectivity index is 4.30. The van der Waals surface area contributed by atoms with Gasteiger partial charge in [-0.05, 0) is 20.0 Å². The number of nitrogens with zero attached hydrogens (tertiary/aromatic N) is 1. The average molecular weight is 194 g/mol. The molecule has 0 fully saturated rings. The smallest absolute Gasteiger partial charge is 0.307 e. The largest absolute Gasteiger partial charge is 0.481 e. The van der Waals surface area contributed by atoms with Crippen molar-refractivity contribution in [1.82, 2.24) is 5.32 Å². The number of aliphatic carboxylic acids is 1. The number of hydrogen-bond donors (Lipinski definition) is 2. The fraction of sp³-hybridized carbons (Fsp3) is 0.400. The van der Waals surface area contributed by atoms with Crippen LogP contribution in [0.3, 0.4) is 0 Å². The van der Waals surface area contributed by atoms with Crippen molar-refractivity contribution in [1.29, 1.82) is 5.26 Å². The molecule has 2 N–H and O–H groups in total. The SMILES string of the molecule is CNC(C)/C=C\C(C#N)=C/CC(=O)O. The van der Waals surface area contributed by atoms with Gasteiger partial charge in [-0.15, -0.1) is 0 Å². The lowest BCUT2D eigenvalue weighted by Gasteiger charge is -2.01. The van der Waals surface area contributed by atoms with Crippen LogP contribution in [0.25, 0.3) is 0 Å². The molecule has 0 amide bonds. The molecule has 0 spiro atoms. The summed E-state index contributed by atoms with van der Waals surface area (Å²) in [5.41, 5.74) is 0.370. The molecule has 0 aromatic rings. The van der Waals surface area contributed by atoms with Crippen molar-refractivity contribution in [3.8, 4) is 6.07 Å². The summed E-state index contributed by atoms with van der Waals surface area (Å²) in [6.45, 7) is 1.93. The van der Waals surface area contributed by atoms with Crippen molar-refractivity contribution < 1.29 is 9.90 Å². The van der Waals surface area contributed by atoms with Gasteiger partial charge in [0, 0.05) is 11.6 Å². The fourth-order valence-electron chi connectivity index (χ4n) is 0.692. The zero-order valence-corrected chi connectivity index (χ0v) is 8.32. The number of allylic oxidation sites excluding steroid dienone is 2. The van der Waals surface area contributed by atoms with Crippen LogP contribution in [0.15, 0.2) is 23.8 Å². The average Bonchev–Trinajstić information content (AvgIpc) is 2.17. The van der Waals surface area contributed by atoms with E-state index < -0.39 is 5.97 Å². The zero-order valence-electron chi connectivity index (χ0n) is 8.32. The van der Waals surface area contributed by atoms with Crippen LogP contribution in [0.1, 0.15) is 13.3 Å². The second-order valence-electron chi connectivity index (χ2n) is 2.81. The Morgan fingerprint density at radius 3 is 2.79 bits per heavy atom. The number of hydrogen-bond acceptors (Lipinski definition) is 3. The van der Waals surface area contributed by atoms with E-state index in [9.17, 15) is 4.79 Å². The molecule has 0 saturated heterocycles. The first kappa shape index (κ1) is 12.4. The van der Waals surface area contributed by atoms with Gasteiger partial charge >= 0.3 is 5.97 Å². The number of carboxylic acid groups (broad SMARTS) is 1. The van der Waals surface area contributed by atoms with Crippen molar-refractivity contribution in [3.05, 3.63) is 23.8 Å². The molecule has 0 aromatic carbocycles. The summed E-state index contributed by atoms with van der Waals surface area (Å²) >= 11 is 0. The highest BCUT2D eigenvalue weighted by atomic mass is 16.4. The van der Waals surface area contributed by atoms with Crippen LogP contribution in [0.2, 0.25) is 0 Å². The molecule has 0 aliphatic rings. The highest BCUT2D eigenvalue weighted by molar-refractivity contribution is 5.69. The maximum absolute atomic E-state index is 10.2. The Kier molecular flexibility index (Phi) is 6.08. The van der Waals surface area contributed by atoms with E-state index in [2.05, 4.69) is 5.32 Å². The highest BCUT2D eigenvalue weighted by Crippen LogP contribution is 1.98. The van der Waals surface area contributed by atoms with E-state index in [0.717, 1.165) is 0 Å². The summed E-state index contributed by atoms with van der Waals surface area (Å²) in [6.07, 6.45) is 4.68. The minimum atomic E-state index is -0.937. The summed E-state index contributed by atoms with van der Waals surface area (Å²) in [7, 11) is 1.81. The van der Waals surface area contributed by atoms with E-state index in [1.54, 1.807) is 12.2 Å². The molecule has 0 heterocycles. The van der Waals surface area contributed by atoms with Crippen molar-refractivity contribution in [3.63, 3.8) is 0 Å². The quantitative estimate of drug-likeness (QED) is 0.507. The van der Waals surface area contributed by atoms with Gasteiger partial charge in [-0.25, -0.2) is 0 Å². The van der Waals surface area contributed by atoms with E-state index >= 15 is 0 Å². The summed E-state index contributed by atoms with van der Waals surface area (Å²) in [6, 6.07) is 2.08. The summed E-state index contributed by atoms with van der Waals surface area (Å²) in [5.74, 6) is -0.937. The summed E-state index contributed by atoms with van der Waals surface area (Å²) in [4.78, 5) is 10.2. The maximum Gasteiger partial charge on any atom is 0.307 e. The molecule has 0 bridgehead atoms.